The van der Waals surface area contributed by atoms with Crippen molar-refractivity contribution in [2.24, 2.45) is 5.92 Å². The molecule has 1 rings (SSSR count). The number of nitrogens with zero attached hydrogens (tertiary/aromatic N) is 1. The number of hydrogen-bond acceptors (Lipinski definition) is 4. The summed E-state index contributed by atoms with van der Waals surface area (Å²) in [5, 5.41) is 18.7. The van der Waals surface area contributed by atoms with E-state index in [1.54, 1.807) is 0 Å². The van der Waals surface area contributed by atoms with Crippen molar-refractivity contribution in [2.75, 3.05) is 26.3 Å². The predicted molar refractivity (Wildman–Crippen MR) is 59.3 cm³/mol. The number of rotatable bonds is 6. The smallest absolute Gasteiger partial charge is 0.310 e. The van der Waals surface area contributed by atoms with Crippen molar-refractivity contribution < 1.29 is 19.7 Å². The second-order valence-corrected chi connectivity index (χ2v) is 4.20. The summed E-state index contributed by atoms with van der Waals surface area (Å²) in [4.78, 5) is 13.0. The van der Waals surface area contributed by atoms with Crippen LogP contribution in [0.1, 0.15) is 20.3 Å². The predicted octanol–water partition coefficient (Wildman–Crippen LogP) is 0.179. The SMILES string of the molecule is CCC(O)CN(CC)C1COCC1C(=O)O. The number of likely N-dealkylation sites (N-methyl/N-ethyl adjacent to an activating group) is 1. The van der Waals surface area contributed by atoms with Crippen LogP contribution < -0.4 is 0 Å². The van der Waals surface area contributed by atoms with Crippen LogP contribution in [0.4, 0.5) is 0 Å². The van der Waals surface area contributed by atoms with Gasteiger partial charge >= 0.3 is 5.97 Å². The second kappa shape index (κ2) is 6.18. The van der Waals surface area contributed by atoms with Crippen molar-refractivity contribution in [2.45, 2.75) is 32.4 Å². The van der Waals surface area contributed by atoms with E-state index < -0.39 is 18.0 Å². The zero-order valence-corrected chi connectivity index (χ0v) is 9.93. The minimum absolute atomic E-state index is 0.108. The van der Waals surface area contributed by atoms with Crippen molar-refractivity contribution in [3.05, 3.63) is 0 Å². The molecule has 0 radical (unpaired) electrons. The molecule has 0 amide bonds. The fourth-order valence-electron chi connectivity index (χ4n) is 2.04. The highest BCUT2D eigenvalue weighted by atomic mass is 16.5. The molecule has 0 aromatic carbocycles. The lowest BCUT2D eigenvalue weighted by Gasteiger charge is -2.30. The molecule has 3 atom stereocenters. The first-order valence-electron chi connectivity index (χ1n) is 5.82. The van der Waals surface area contributed by atoms with E-state index in [2.05, 4.69) is 0 Å². The fraction of sp³-hybridized carbons (Fsp3) is 0.909. The highest BCUT2D eigenvalue weighted by Gasteiger charge is 2.37. The van der Waals surface area contributed by atoms with E-state index in [1.807, 2.05) is 18.7 Å². The summed E-state index contributed by atoms with van der Waals surface area (Å²) >= 11 is 0. The van der Waals surface area contributed by atoms with Crippen LogP contribution in [0.3, 0.4) is 0 Å². The molecule has 0 saturated carbocycles. The zero-order chi connectivity index (χ0) is 12.1. The Labute approximate surface area is 96.0 Å². The molecule has 0 aromatic rings. The van der Waals surface area contributed by atoms with Crippen LogP contribution in [0.25, 0.3) is 0 Å². The molecule has 1 saturated heterocycles. The Bertz CT molecular complexity index is 234. The van der Waals surface area contributed by atoms with Gasteiger partial charge in [0, 0.05) is 12.6 Å². The number of aliphatic hydroxyl groups excluding tert-OH is 1. The van der Waals surface area contributed by atoms with Gasteiger partial charge in [0.05, 0.1) is 25.2 Å². The lowest BCUT2D eigenvalue weighted by molar-refractivity contribution is -0.143. The number of aliphatic carboxylic acids is 1. The van der Waals surface area contributed by atoms with E-state index in [4.69, 9.17) is 9.84 Å². The maximum atomic E-state index is 11.0. The molecule has 3 unspecified atom stereocenters. The van der Waals surface area contributed by atoms with Gasteiger partial charge in [0.15, 0.2) is 0 Å². The van der Waals surface area contributed by atoms with Crippen LogP contribution in [0.15, 0.2) is 0 Å². The largest absolute Gasteiger partial charge is 0.481 e. The zero-order valence-electron chi connectivity index (χ0n) is 9.93. The van der Waals surface area contributed by atoms with Crippen LogP contribution in [0.2, 0.25) is 0 Å². The summed E-state index contributed by atoms with van der Waals surface area (Å²) in [7, 11) is 0. The first-order chi connectivity index (χ1) is 7.60. The Morgan fingerprint density at radius 3 is 2.69 bits per heavy atom. The van der Waals surface area contributed by atoms with Crippen molar-refractivity contribution in [3.8, 4) is 0 Å². The third-order valence-electron chi connectivity index (χ3n) is 3.16. The molecule has 16 heavy (non-hydrogen) atoms. The van der Waals surface area contributed by atoms with Crippen LogP contribution in [0, 0.1) is 5.92 Å². The maximum absolute atomic E-state index is 11.0. The van der Waals surface area contributed by atoms with Crippen molar-refractivity contribution in [1.82, 2.24) is 4.90 Å². The highest BCUT2D eigenvalue weighted by Crippen LogP contribution is 2.20. The quantitative estimate of drug-likeness (QED) is 0.682. The minimum atomic E-state index is -0.813. The third kappa shape index (κ3) is 3.17. The van der Waals surface area contributed by atoms with Crippen molar-refractivity contribution in [1.29, 1.82) is 0 Å². The number of carbonyl (C=O) groups is 1. The second-order valence-electron chi connectivity index (χ2n) is 4.20. The third-order valence-corrected chi connectivity index (χ3v) is 3.16. The molecule has 94 valence electrons. The Morgan fingerprint density at radius 2 is 2.19 bits per heavy atom. The van der Waals surface area contributed by atoms with E-state index in [-0.39, 0.29) is 12.6 Å². The summed E-state index contributed by atoms with van der Waals surface area (Å²) in [6, 6.07) is -0.108. The summed E-state index contributed by atoms with van der Waals surface area (Å²) in [5.74, 6) is -1.28. The summed E-state index contributed by atoms with van der Waals surface area (Å²) < 4.78 is 5.22. The molecule has 1 aliphatic heterocycles. The average Bonchev–Trinajstić information content (AvgIpc) is 2.74. The topological polar surface area (TPSA) is 70.0 Å². The first kappa shape index (κ1) is 13.4. The van der Waals surface area contributed by atoms with E-state index in [9.17, 15) is 9.90 Å². The van der Waals surface area contributed by atoms with Gasteiger partial charge in [-0.25, -0.2) is 0 Å². The summed E-state index contributed by atoms with van der Waals surface area (Å²) in [5.41, 5.74) is 0. The molecule has 0 aliphatic carbocycles. The molecule has 0 bridgehead atoms. The molecule has 2 N–H and O–H groups in total. The summed E-state index contributed by atoms with van der Waals surface area (Å²) in [6.07, 6.45) is 0.289. The standard InChI is InChI=1S/C11H21NO4/c1-3-8(13)5-12(4-2)10-7-16-6-9(10)11(14)15/h8-10,13H,3-7H2,1-2H3,(H,14,15). The van der Waals surface area contributed by atoms with Crippen LogP contribution in [-0.2, 0) is 9.53 Å². The molecular weight excluding hydrogens is 210 g/mol. The molecule has 1 aliphatic rings. The Hall–Kier alpha value is -0.650. The number of carboxylic acids is 1. The Morgan fingerprint density at radius 1 is 1.50 bits per heavy atom. The van der Waals surface area contributed by atoms with Gasteiger partial charge < -0.3 is 14.9 Å². The molecule has 1 heterocycles. The van der Waals surface area contributed by atoms with Crippen molar-refractivity contribution in [3.63, 3.8) is 0 Å². The molecule has 0 spiro atoms. The van der Waals surface area contributed by atoms with E-state index in [0.29, 0.717) is 19.6 Å². The van der Waals surface area contributed by atoms with Gasteiger partial charge in [0.2, 0.25) is 0 Å². The number of aliphatic hydroxyl groups is 1. The van der Waals surface area contributed by atoms with E-state index in [1.165, 1.54) is 0 Å². The molecule has 1 fully saturated rings. The van der Waals surface area contributed by atoms with E-state index in [0.717, 1.165) is 6.54 Å². The molecule has 0 aromatic heterocycles. The monoisotopic (exact) mass is 231 g/mol. The Kier molecular flexibility index (Phi) is 5.18. The Balaban J connectivity index is 2.60. The van der Waals surface area contributed by atoms with Gasteiger partial charge in [0.25, 0.3) is 0 Å². The van der Waals surface area contributed by atoms with Crippen LogP contribution in [-0.4, -0.2) is 59.5 Å². The lowest BCUT2D eigenvalue weighted by Crippen LogP contribution is -2.46. The van der Waals surface area contributed by atoms with Gasteiger partial charge in [-0.2, -0.15) is 0 Å². The van der Waals surface area contributed by atoms with E-state index >= 15 is 0 Å². The van der Waals surface area contributed by atoms with Gasteiger partial charge in [-0.15, -0.1) is 0 Å². The lowest BCUT2D eigenvalue weighted by atomic mass is 10.0. The first-order valence-corrected chi connectivity index (χ1v) is 5.82. The van der Waals surface area contributed by atoms with Crippen LogP contribution in [0.5, 0.6) is 0 Å². The number of carboxylic acid groups (broad SMARTS) is 1. The highest BCUT2D eigenvalue weighted by molar-refractivity contribution is 5.71. The fourth-order valence-corrected chi connectivity index (χ4v) is 2.04. The normalized spacial score (nSPS) is 27.2. The van der Waals surface area contributed by atoms with Gasteiger partial charge in [0.1, 0.15) is 0 Å². The number of hydrogen-bond donors (Lipinski definition) is 2. The van der Waals surface area contributed by atoms with Crippen molar-refractivity contribution >= 4 is 5.97 Å². The molecular formula is C11H21NO4. The molecule has 5 nitrogen and oxygen atoms in total. The summed E-state index contributed by atoms with van der Waals surface area (Å²) in [6.45, 7) is 5.86. The minimum Gasteiger partial charge on any atom is -0.481 e. The van der Waals surface area contributed by atoms with Gasteiger partial charge in [-0.3, -0.25) is 9.69 Å². The maximum Gasteiger partial charge on any atom is 0.310 e. The number of ether oxygens (including phenoxy) is 1. The average molecular weight is 231 g/mol. The van der Waals surface area contributed by atoms with Crippen LogP contribution >= 0.6 is 0 Å². The van der Waals surface area contributed by atoms with Gasteiger partial charge in [-0.05, 0) is 13.0 Å². The van der Waals surface area contributed by atoms with Gasteiger partial charge in [-0.1, -0.05) is 13.8 Å². The molecule has 5 heteroatoms.